The highest BCUT2D eigenvalue weighted by Crippen LogP contribution is 2.34. The van der Waals surface area contributed by atoms with Crippen molar-refractivity contribution in [3.63, 3.8) is 0 Å². The lowest BCUT2D eigenvalue weighted by Crippen LogP contribution is -2.45. The largest absolute Gasteiger partial charge is 0.491 e. The van der Waals surface area contributed by atoms with E-state index in [1.807, 2.05) is 38.1 Å². The number of carbonyl (C=O) groups is 2. The fourth-order valence-corrected chi connectivity index (χ4v) is 2.56. The van der Waals surface area contributed by atoms with Crippen molar-refractivity contribution in [2.45, 2.75) is 52.9 Å². The Balaban J connectivity index is 2.48. The first-order valence-corrected chi connectivity index (χ1v) is 8.04. The van der Waals surface area contributed by atoms with E-state index in [1.54, 1.807) is 20.8 Å². The highest BCUT2D eigenvalue weighted by atomic mass is 16.5. The molecule has 1 aliphatic rings. The predicted octanol–water partition coefficient (Wildman–Crippen LogP) is 3.05. The number of hydrogen-bond acceptors (Lipinski definition) is 4. The number of esters is 1. The Morgan fingerprint density at radius 1 is 1.12 bits per heavy atom. The number of urea groups is 1. The van der Waals surface area contributed by atoms with Crippen molar-refractivity contribution < 1.29 is 19.1 Å². The molecule has 2 amide bonds. The molecule has 0 fully saturated rings. The van der Waals surface area contributed by atoms with Crippen LogP contribution in [0.5, 0.6) is 5.75 Å². The zero-order valence-electron chi connectivity index (χ0n) is 14.7. The minimum Gasteiger partial charge on any atom is -0.491 e. The number of benzene rings is 1. The molecule has 0 aliphatic carbocycles. The van der Waals surface area contributed by atoms with Gasteiger partial charge in [-0.2, -0.15) is 0 Å². The summed E-state index contributed by atoms with van der Waals surface area (Å²) in [6.07, 6.45) is -0.280. The molecule has 0 saturated carbocycles. The lowest BCUT2D eigenvalue weighted by atomic mass is 9.94. The number of allylic oxidation sites excluding steroid dienone is 1. The summed E-state index contributed by atoms with van der Waals surface area (Å²) in [4.78, 5) is 24.5. The quantitative estimate of drug-likeness (QED) is 0.813. The summed E-state index contributed by atoms with van der Waals surface area (Å²) in [6.45, 7) is 9.11. The maximum absolute atomic E-state index is 12.5. The Morgan fingerprint density at radius 3 is 2.42 bits per heavy atom. The zero-order chi connectivity index (χ0) is 17.9. The van der Waals surface area contributed by atoms with E-state index in [4.69, 9.17) is 9.47 Å². The van der Waals surface area contributed by atoms with Crippen LogP contribution in [0, 0.1) is 0 Å². The van der Waals surface area contributed by atoms with Gasteiger partial charge in [0.15, 0.2) is 0 Å². The van der Waals surface area contributed by atoms with Crippen LogP contribution < -0.4 is 15.4 Å². The molecule has 24 heavy (non-hydrogen) atoms. The molecule has 0 aromatic heterocycles. The van der Waals surface area contributed by atoms with Gasteiger partial charge in [-0.15, -0.1) is 0 Å². The second kappa shape index (κ2) is 7.38. The van der Waals surface area contributed by atoms with E-state index >= 15 is 0 Å². The average molecular weight is 332 g/mol. The summed E-state index contributed by atoms with van der Waals surface area (Å²) < 4.78 is 11.2. The maximum atomic E-state index is 12.5. The van der Waals surface area contributed by atoms with Gasteiger partial charge in [0.05, 0.1) is 23.8 Å². The Bertz CT molecular complexity index is 665. The summed E-state index contributed by atoms with van der Waals surface area (Å²) in [5.41, 5.74) is 1.58. The molecule has 0 bridgehead atoms. The Hall–Kier alpha value is -2.50. The zero-order valence-corrected chi connectivity index (χ0v) is 14.7. The highest BCUT2D eigenvalue weighted by molar-refractivity contribution is 5.95. The summed E-state index contributed by atoms with van der Waals surface area (Å²) in [6, 6.07) is 6.37. The van der Waals surface area contributed by atoms with E-state index in [-0.39, 0.29) is 18.2 Å². The van der Waals surface area contributed by atoms with Crippen molar-refractivity contribution in [2.75, 3.05) is 0 Å². The minimum absolute atomic E-state index is 0.0280. The predicted molar refractivity (Wildman–Crippen MR) is 90.5 cm³/mol. The second-order valence-electron chi connectivity index (χ2n) is 6.23. The molecule has 2 rings (SSSR count). The van der Waals surface area contributed by atoms with Crippen LogP contribution in [0.3, 0.4) is 0 Å². The summed E-state index contributed by atoms with van der Waals surface area (Å²) >= 11 is 0. The molecular formula is C18H24N2O4. The Labute approximate surface area is 142 Å². The molecule has 1 heterocycles. The molecule has 130 valence electrons. The summed E-state index contributed by atoms with van der Waals surface area (Å²) in [7, 11) is 0. The number of ether oxygens (including phenoxy) is 2. The summed E-state index contributed by atoms with van der Waals surface area (Å²) in [5, 5.41) is 5.42. The molecule has 0 radical (unpaired) electrons. The maximum Gasteiger partial charge on any atom is 0.338 e. The molecule has 1 atom stereocenters. The standard InChI is InChI=1S/C18H24N2O4/c1-10(2)23-14-9-7-6-8-13(14)16-15(17(21)24-11(3)4)12(5)19-18(22)20-16/h6-11,16H,1-5H3,(H2,19,20,22)/t16-/m0/s1. The van der Waals surface area contributed by atoms with Gasteiger partial charge in [-0.05, 0) is 40.7 Å². The molecule has 1 aromatic rings. The van der Waals surface area contributed by atoms with Gasteiger partial charge in [0.2, 0.25) is 0 Å². The molecule has 1 aromatic carbocycles. The van der Waals surface area contributed by atoms with Gasteiger partial charge in [-0.1, -0.05) is 18.2 Å². The van der Waals surface area contributed by atoms with Crippen LogP contribution >= 0.6 is 0 Å². The fraction of sp³-hybridized carbons (Fsp3) is 0.444. The van der Waals surface area contributed by atoms with Crippen molar-refractivity contribution in [1.29, 1.82) is 0 Å². The third-order valence-electron chi connectivity index (χ3n) is 3.42. The van der Waals surface area contributed by atoms with Gasteiger partial charge in [0.25, 0.3) is 0 Å². The first-order chi connectivity index (χ1) is 11.3. The van der Waals surface area contributed by atoms with Gasteiger partial charge in [0, 0.05) is 11.3 Å². The molecule has 6 heteroatoms. The van der Waals surface area contributed by atoms with E-state index in [2.05, 4.69) is 10.6 Å². The van der Waals surface area contributed by atoms with Gasteiger partial charge in [-0.25, -0.2) is 9.59 Å². The van der Waals surface area contributed by atoms with E-state index in [1.165, 1.54) is 0 Å². The SMILES string of the molecule is CC1=C(C(=O)OC(C)C)[C@H](c2ccccc2OC(C)C)NC(=O)N1. The number of para-hydroxylation sites is 1. The lowest BCUT2D eigenvalue weighted by Gasteiger charge is -2.30. The van der Waals surface area contributed by atoms with Crippen LogP contribution in [-0.2, 0) is 9.53 Å². The fourth-order valence-electron chi connectivity index (χ4n) is 2.56. The van der Waals surface area contributed by atoms with Crippen LogP contribution in [0.2, 0.25) is 0 Å². The van der Waals surface area contributed by atoms with Crippen LogP contribution in [0.15, 0.2) is 35.5 Å². The number of amides is 2. The number of hydrogen-bond donors (Lipinski definition) is 2. The number of nitrogens with one attached hydrogen (secondary N) is 2. The molecule has 0 unspecified atom stereocenters. The van der Waals surface area contributed by atoms with Crippen molar-refractivity contribution in [2.24, 2.45) is 0 Å². The first-order valence-electron chi connectivity index (χ1n) is 8.04. The van der Waals surface area contributed by atoms with Crippen molar-refractivity contribution >= 4 is 12.0 Å². The molecule has 0 saturated heterocycles. The van der Waals surface area contributed by atoms with Gasteiger partial charge >= 0.3 is 12.0 Å². The van der Waals surface area contributed by atoms with E-state index in [9.17, 15) is 9.59 Å². The van der Waals surface area contributed by atoms with Crippen molar-refractivity contribution in [3.05, 3.63) is 41.1 Å². The van der Waals surface area contributed by atoms with Gasteiger partial charge in [0.1, 0.15) is 5.75 Å². The normalized spacial score (nSPS) is 17.6. The van der Waals surface area contributed by atoms with Crippen LogP contribution in [0.4, 0.5) is 4.79 Å². The highest BCUT2D eigenvalue weighted by Gasteiger charge is 2.34. The molecular weight excluding hydrogens is 308 g/mol. The molecule has 1 aliphatic heterocycles. The van der Waals surface area contributed by atoms with Crippen LogP contribution in [0.1, 0.15) is 46.2 Å². The van der Waals surface area contributed by atoms with E-state index in [0.717, 1.165) is 5.56 Å². The minimum atomic E-state index is -0.625. The molecule has 6 nitrogen and oxygen atoms in total. The second-order valence-corrected chi connectivity index (χ2v) is 6.23. The number of rotatable bonds is 5. The Morgan fingerprint density at radius 2 is 1.79 bits per heavy atom. The third-order valence-corrected chi connectivity index (χ3v) is 3.42. The van der Waals surface area contributed by atoms with Crippen LogP contribution in [-0.4, -0.2) is 24.2 Å². The van der Waals surface area contributed by atoms with Crippen LogP contribution in [0.25, 0.3) is 0 Å². The van der Waals surface area contributed by atoms with Crippen molar-refractivity contribution in [1.82, 2.24) is 10.6 Å². The summed E-state index contributed by atoms with van der Waals surface area (Å²) in [5.74, 6) is 0.168. The first kappa shape index (κ1) is 17.8. The average Bonchev–Trinajstić information content (AvgIpc) is 2.45. The lowest BCUT2D eigenvalue weighted by molar-refractivity contribution is -0.143. The monoisotopic (exact) mass is 332 g/mol. The number of carbonyl (C=O) groups excluding carboxylic acids is 2. The van der Waals surface area contributed by atoms with Crippen molar-refractivity contribution in [3.8, 4) is 5.75 Å². The molecule has 2 N–H and O–H groups in total. The Kier molecular flexibility index (Phi) is 5.49. The molecule has 0 spiro atoms. The van der Waals surface area contributed by atoms with Gasteiger partial charge in [-0.3, -0.25) is 0 Å². The van der Waals surface area contributed by atoms with Gasteiger partial charge < -0.3 is 20.1 Å². The third kappa shape index (κ3) is 4.07. The smallest absolute Gasteiger partial charge is 0.338 e. The topological polar surface area (TPSA) is 76.7 Å². The van der Waals surface area contributed by atoms with E-state index in [0.29, 0.717) is 17.0 Å². The van der Waals surface area contributed by atoms with E-state index < -0.39 is 12.0 Å².